The van der Waals surface area contributed by atoms with Crippen molar-refractivity contribution in [3.63, 3.8) is 0 Å². The summed E-state index contributed by atoms with van der Waals surface area (Å²) in [4.78, 5) is 21.3. The van der Waals surface area contributed by atoms with Crippen LogP contribution in [0.15, 0.2) is 24.3 Å². The second-order valence-electron chi connectivity index (χ2n) is 4.17. The Morgan fingerprint density at radius 2 is 1.81 bits per heavy atom. The number of rotatable bonds is 7. The van der Waals surface area contributed by atoms with E-state index in [2.05, 4.69) is 0 Å². The Labute approximate surface area is 120 Å². The summed E-state index contributed by atoms with van der Waals surface area (Å²) < 4.78 is 25.5. The van der Waals surface area contributed by atoms with E-state index in [4.69, 9.17) is 15.5 Å². The van der Waals surface area contributed by atoms with Crippen molar-refractivity contribution in [1.29, 1.82) is 5.26 Å². The molecule has 112 valence electrons. The molecule has 1 aromatic rings. The topological polar surface area (TPSA) is 145 Å². The van der Waals surface area contributed by atoms with Gasteiger partial charge in [0.15, 0.2) is 0 Å². The van der Waals surface area contributed by atoms with Crippen molar-refractivity contribution in [3.05, 3.63) is 35.4 Å². The number of sulfonamides is 1. The summed E-state index contributed by atoms with van der Waals surface area (Å²) in [7, 11) is -4.02. The highest BCUT2D eigenvalue weighted by atomic mass is 32.2. The number of hydrogen-bond acceptors (Lipinski definition) is 5. The lowest BCUT2D eigenvalue weighted by molar-refractivity contribution is -0.145. The summed E-state index contributed by atoms with van der Waals surface area (Å²) in [6.45, 7) is 0. The molecule has 8 nitrogen and oxygen atoms in total. The molecule has 0 aliphatic heterocycles. The Balaban J connectivity index is 2.82. The Hall–Kier alpha value is -2.44. The van der Waals surface area contributed by atoms with Gasteiger partial charge in [-0.1, -0.05) is 12.1 Å². The van der Waals surface area contributed by atoms with Crippen molar-refractivity contribution in [2.45, 2.75) is 18.2 Å². The molecule has 0 bridgehead atoms. The van der Waals surface area contributed by atoms with Gasteiger partial charge in [0.1, 0.15) is 6.04 Å². The predicted octanol–water partition coefficient (Wildman–Crippen LogP) is -0.0944. The zero-order valence-corrected chi connectivity index (χ0v) is 11.5. The molecule has 0 aliphatic rings. The Bertz CT molecular complexity index is 675. The van der Waals surface area contributed by atoms with Crippen LogP contribution in [0.3, 0.4) is 0 Å². The molecular weight excluding hydrogens is 300 g/mol. The van der Waals surface area contributed by atoms with Crippen LogP contribution in [0, 0.1) is 11.3 Å². The smallest absolute Gasteiger partial charge is 0.322 e. The van der Waals surface area contributed by atoms with E-state index < -0.39 is 40.2 Å². The van der Waals surface area contributed by atoms with Gasteiger partial charge in [0.05, 0.1) is 23.8 Å². The molecule has 1 rings (SSSR count). The summed E-state index contributed by atoms with van der Waals surface area (Å²) >= 11 is 0. The molecule has 0 aromatic heterocycles. The Kier molecular flexibility index (Phi) is 5.40. The van der Waals surface area contributed by atoms with Gasteiger partial charge in [-0.05, 0) is 17.7 Å². The monoisotopic (exact) mass is 312 g/mol. The van der Waals surface area contributed by atoms with Gasteiger partial charge < -0.3 is 10.2 Å². The van der Waals surface area contributed by atoms with Crippen molar-refractivity contribution < 1.29 is 28.2 Å². The number of benzene rings is 1. The van der Waals surface area contributed by atoms with Crippen LogP contribution in [0.5, 0.6) is 0 Å². The Morgan fingerprint density at radius 3 is 2.24 bits per heavy atom. The van der Waals surface area contributed by atoms with Crippen molar-refractivity contribution in [3.8, 4) is 6.07 Å². The molecule has 21 heavy (non-hydrogen) atoms. The minimum absolute atomic E-state index is 0.348. The van der Waals surface area contributed by atoms with Crippen LogP contribution in [0.4, 0.5) is 0 Å². The van der Waals surface area contributed by atoms with E-state index in [0.29, 0.717) is 11.1 Å². The lowest BCUT2D eigenvalue weighted by atomic mass is 10.2. The number of nitrogens with zero attached hydrogens (tertiary/aromatic N) is 1. The molecule has 0 heterocycles. The minimum atomic E-state index is -4.02. The molecule has 0 radical (unpaired) electrons. The first-order valence-electron chi connectivity index (χ1n) is 5.67. The first-order valence-corrected chi connectivity index (χ1v) is 7.32. The van der Waals surface area contributed by atoms with Crippen LogP contribution >= 0.6 is 0 Å². The highest BCUT2D eigenvalue weighted by Gasteiger charge is 2.26. The normalized spacial score (nSPS) is 12.3. The molecule has 0 spiro atoms. The van der Waals surface area contributed by atoms with Gasteiger partial charge in [0.25, 0.3) is 0 Å². The predicted molar refractivity (Wildman–Crippen MR) is 70.6 cm³/mol. The molecule has 0 saturated heterocycles. The number of aliphatic carboxylic acids is 2. The fourth-order valence-electron chi connectivity index (χ4n) is 1.51. The average molecular weight is 312 g/mol. The maximum Gasteiger partial charge on any atom is 0.322 e. The third-order valence-corrected chi connectivity index (χ3v) is 3.80. The molecular formula is C12H12N2O6S. The number of carbonyl (C=O) groups is 2. The molecule has 9 heteroatoms. The molecule has 1 aromatic carbocycles. The van der Waals surface area contributed by atoms with Crippen molar-refractivity contribution in [2.24, 2.45) is 0 Å². The number of carboxylic acids is 2. The van der Waals surface area contributed by atoms with Crippen LogP contribution in [-0.4, -0.2) is 36.6 Å². The first-order chi connectivity index (χ1) is 9.73. The second-order valence-corrected chi connectivity index (χ2v) is 5.93. The standard InChI is InChI=1S/C12H12N2O6S/c13-6-8-1-3-9(4-2-8)7-21(19,20)14-10(12(17)18)5-11(15)16/h1-4,10,14H,5,7H2,(H,15,16)(H,17,18)/t10-/m0/s1. The highest BCUT2D eigenvalue weighted by molar-refractivity contribution is 7.88. The minimum Gasteiger partial charge on any atom is -0.481 e. The van der Waals surface area contributed by atoms with Gasteiger partial charge in [-0.3, -0.25) is 9.59 Å². The van der Waals surface area contributed by atoms with E-state index >= 15 is 0 Å². The van der Waals surface area contributed by atoms with Crippen LogP contribution in [-0.2, 0) is 25.4 Å². The van der Waals surface area contributed by atoms with Gasteiger partial charge in [0.2, 0.25) is 10.0 Å². The van der Waals surface area contributed by atoms with E-state index in [1.54, 1.807) is 0 Å². The third kappa shape index (κ3) is 5.60. The van der Waals surface area contributed by atoms with Crippen LogP contribution in [0.1, 0.15) is 17.5 Å². The fraction of sp³-hybridized carbons (Fsp3) is 0.250. The van der Waals surface area contributed by atoms with E-state index in [1.807, 2.05) is 10.8 Å². The molecule has 0 fully saturated rings. The van der Waals surface area contributed by atoms with E-state index in [9.17, 15) is 18.0 Å². The average Bonchev–Trinajstić information content (AvgIpc) is 2.37. The first kappa shape index (κ1) is 16.6. The molecule has 0 amide bonds. The van der Waals surface area contributed by atoms with Crippen molar-refractivity contribution >= 4 is 22.0 Å². The number of carboxylic acid groups (broad SMARTS) is 2. The van der Waals surface area contributed by atoms with Crippen LogP contribution in [0.2, 0.25) is 0 Å². The van der Waals surface area contributed by atoms with Gasteiger partial charge in [-0.2, -0.15) is 5.26 Å². The third-order valence-electron chi connectivity index (χ3n) is 2.44. The molecule has 1 atom stereocenters. The fourth-order valence-corrected chi connectivity index (χ4v) is 2.84. The van der Waals surface area contributed by atoms with Gasteiger partial charge in [0, 0.05) is 0 Å². The molecule has 0 unspecified atom stereocenters. The molecule has 0 saturated carbocycles. The summed E-state index contributed by atoms with van der Waals surface area (Å²) in [6.07, 6.45) is -0.859. The van der Waals surface area contributed by atoms with E-state index in [-0.39, 0.29) is 0 Å². The van der Waals surface area contributed by atoms with E-state index in [0.717, 1.165) is 0 Å². The lowest BCUT2D eigenvalue weighted by Crippen LogP contribution is -2.42. The van der Waals surface area contributed by atoms with Gasteiger partial charge >= 0.3 is 11.9 Å². The molecule has 0 aliphatic carbocycles. The molecule has 3 N–H and O–H groups in total. The number of nitrogens with one attached hydrogen (secondary N) is 1. The van der Waals surface area contributed by atoms with Crippen molar-refractivity contribution in [1.82, 2.24) is 4.72 Å². The summed E-state index contributed by atoms with van der Waals surface area (Å²) in [6, 6.07) is 5.84. The zero-order chi connectivity index (χ0) is 16.0. The quantitative estimate of drug-likeness (QED) is 0.637. The highest BCUT2D eigenvalue weighted by Crippen LogP contribution is 2.08. The summed E-state index contributed by atoms with van der Waals surface area (Å²) in [5.74, 6) is -3.51. The maximum atomic E-state index is 11.8. The zero-order valence-electron chi connectivity index (χ0n) is 10.7. The lowest BCUT2D eigenvalue weighted by Gasteiger charge is -2.12. The van der Waals surface area contributed by atoms with Gasteiger partial charge in [-0.25, -0.2) is 13.1 Å². The van der Waals surface area contributed by atoms with Crippen LogP contribution < -0.4 is 4.72 Å². The van der Waals surface area contributed by atoms with Crippen LogP contribution in [0.25, 0.3) is 0 Å². The summed E-state index contributed by atoms with van der Waals surface area (Å²) in [5.41, 5.74) is 0.708. The maximum absolute atomic E-state index is 11.8. The van der Waals surface area contributed by atoms with E-state index in [1.165, 1.54) is 24.3 Å². The number of hydrogen-bond donors (Lipinski definition) is 3. The Morgan fingerprint density at radius 1 is 1.24 bits per heavy atom. The largest absolute Gasteiger partial charge is 0.481 e. The van der Waals surface area contributed by atoms with Gasteiger partial charge in [-0.15, -0.1) is 0 Å². The number of nitriles is 1. The summed E-state index contributed by atoms with van der Waals surface area (Å²) in [5, 5.41) is 26.0. The SMILES string of the molecule is N#Cc1ccc(CS(=O)(=O)N[C@@H](CC(=O)O)C(=O)O)cc1. The van der Waals surface area contributed by atoms with Crippen molar-refractivity contribution in [2.75, 3.05) is 0 Å². The second kappa shape index (κ2) is 6.83.